The first-order chi connectivity index (χ1) is 13.0. The number of carbonyl (C=O) groups is 1. The molecule has 8 heteroatoms. The Bertz CT molecular complexity index is 636. The molecule has 1 unspecified atom stereocenters. The fraction of sp³-hybridized carbons (Fsp3) is 0.632. The van der Waals surface area contributed by atoms with Crippen molar-refractivity contribution in [3.63, 3.8) is 0 Å². The third kappa shape index (κ3) is 5.48. The number of nitrogens with zero attached hydrogens (tertiary/aromatic N) is 1. The SMILES string of the molecule is CC(C)CNC[C@H]1O[P+](=O)N(C(=O)O[C@H]2CCOC2)[C@H]1Cc1ccccc1. The Hall–Kier alpha value is -1.53. The monoisotopic (exact) mass is 395 g/mol. The van der Waals surface area contributed by atoms with E-state index in [1.54, 1.807) is 0 Å². The first-order valence-electron chi connectivity index (χ1n) is 9.50. The predicted octanol–water partition coefficient (Wildman–Crippen LogP) is 3.13. The fourth-order valence-electron chi connectivity index (χ4n) is 3.28. The largest absolute Gasteiger partial charge is 0.652 e. The van der Waals surface area contributed by atoms with Crippen molar-refractivity contribution in [3.8, 4) is 0 Å². The van der Waals surface area contributed by atoms with Crippen molar-refractivity contribution >= 4 is 14.3 Å². The van der Waals surface area contributed by atoms with Crippen LogP contribution in [0.15, 0.2) is 30.3 Å². The maximum atomic E-state index is 12.7. The Morgan fingerprint density at radius 1 is 1.37 bits per heavy atom. The van der Waals surface area contributed by atoms with Crippen LogP contribution in [-0.4, -0.2) is 55.3 Å². The second-order valence-electron chi connectivity index (χ2n) is 7.40. The smallest absolute Gasteiger partial charge is 0.441 e. The van der Waals surface area contributed by atoms with E-state index in [9.17, 15) is 9.36 Å². The molecule has 7 nitrogen and oxygen atoms in total. The van der Waals surface area contributed by atoms with E-state index in [0.717, 1.165) is 12.1 Å². The van der Waals surface area contributed by atoms with Gasteiger partial charge in [0.15, 0.2) is 6.10 Å². The maximum Gasteiger partial charge on any atom is 0.652 e. The lowest BCUT2D eigenvalue weighted by Crippen LogP contribution is -2.44. The molecule has 1 aromatic rings. The lowest BCUT2D eigenvalue weighted by Gasteiger charge is -2.20. The van der Waals surface area contributed by atoms with Gasteiger partial charge in [0.1, 0.15) is 12.1 Å². The molecule has 3 rings (SSSR count). The second-order valence-corrected chi connectivity index (χ2v) is 8.52. The van der Waals surface area contributed by atoms with E-state index in [1.807, 2.05) is 30.3 Å². The van der Waals surface area contributed by atoms with Crippen molar-refractivity contribution in [2.45, 2.75) is 44.9 Å². The van der Waals surface area contributed by atoms with Crippen LogP contribution in [0.25, 0.3) is 0 Å². The van der Waals surface area contributed by atoms with Gasteiger partial charge in [0.2, 0.25) is 0 Å². The average molecular weight is 395 g/mol. The van der Waals surface area contributed by atoms with Crippen molar-refractivity contribution in [1.29, 1.82) is 0 Å². The Labute approximate surface area is 161 Å². The lowest BCUT2D eigenvalue weighted by molar-refractivity contribution is 0.0630. The van der Waals surface area contributed by atoms with Gasteiger partial charge in [0, 0.05) is 19.4 Å². The standard InChI is InChI=1S/C19H28N2O5P/c1-14(2)11-20-12-18-17(10-15-6-4-3-5-7-15)21(27(23)26-18)19(22)25-16-8-9-24-13-16/h3-7,14,16-18,20H,8-13H2,1-2H3/q+1/t16-,17-,18+/m0/s1. The molecular formula is C19H28N2O5P+. The second kappa shape index (κ2) is 9.60. The van der Waals surface area contributed by atoms with Gasteiger partial charge in [-0.15, -0.1) is 4.52 Å². The van der Waals surface area contributed by atoms with Crippen molar-refractivity contribution in [2.75, 3.05) is 26.3 Å². The van der Waals surface area contributed by atoms with E-state index < -0.39 is 14.3 Å². The summed E-state index contributed by atoms with van der Waals surface area (Å²) >= 11 is 0. The number of nitrogens with one attached hydrogen (secondary N) is 1. The summed E-state index contributed by atoms with van der Waals surface area (Å²) in [5.74, 6) is 0.496. The molecule has 0 bridgehead atoms. The molecule has 4 atom stereocenters. The molecule has 0 saturated carbocycles. The molecule has 0 aromatic heterocycles. The Morgan fingerprint density at radius 2 is 2.15 bits per heavy atom. The highest BCUT2D eigenvalue weighted by atomic mass is 31.1. The highest BCUT2D eigenvalue weighted by Gasteiger charge is 2.56. The zero-order valence-corrected chi connectivity index (χ0v) is 16.8. The highest BCUT2D eigenvalue weighted by Crippen LogP contribution is 2.43. The van der Waals surface area contributed by atoms with E-state index in [1.165, 1.54) is 4.67 Å². The molecular weight excluding hydrogens is 367 g/mol. The molecule has 2 aliphatic rings. The molecule has 1 N–H and O–H groups in total. The Morgan fingerprint density at radius 3 is 2.81 bits per heavy atom. The summed E-state index contributed by atoms with van der Waals surface area (Å²) in [6.45, 7) is 6.58. The van der Waals surface area contributed by atoms with Gasteiger partial charge in [-0.1, -0.05) is 48.8 Å². The maximum absolute atomic E-state index is 12.7. The number of carbonyl (C=O) groups excluding carboxylic acids is 1. The topological polar surface area (TPSA) is 77.1 Å². The van der Waals surface area contributed by atoms with Crippen LogP contribution < -0.4 is 5.32 Å². The zero-order chi connectivity index (χ0) is 19.2. The Kier molecular flexibility index (Phi) is 7.19. The van der Waals surface area contributed by atoms with Gasteiger partial charge < -0.3 is 14.8 Å². The molecule has 1 amide bonds. The number of ether oxygens (including phenoxy) is 2. The van der Waals surface area contributed by atoms with Crippen molar-refractivity contribution in [3.05, 3.63) is 35.9 Å². The molecule has 2 aliphatic heterocycles. The predicted molar refractivity (Wildman–Crippen MR) is 102 cm³/mol. The van der Waals surface area contributed by atoms with Crippen LogP contribution in [0.2, 0.25) is 0 Å². The molecule has 2 saturated heterocycles. The first kappa shape index (κ1) is 20.2. The van der Waals surface area contributed by atoms with Crippen molar-refractivity contribution in [1.82, 2.24) is 9.99 Å². The summed E-state index contributed by atoms with van der Waals surface area (Å²) < 4.78 is 30.3. The van der Waals surface area contributed by atoms with Crippen LogP contribution in [-0.2, 0) is 25.0 Å². The number of hydrogen-bond donors (Lipinski definition) is 1. The van der Waals surface area contributed by atoms with Gasteiger partial charge in [-0.05, 0) is 22.6 Å². The van der Waals surface area contributed by atoms with Crippen LogP contribution in [0.3, 0.4) is 0 Å². The summed E-state index contributed by atoms with van der Waals surface area (Å²) in [4.78, 5) is 12.7. The molecule has 2 heterocycles. The minimum absolute atomic E-state index is 0.281. The van der Waals surface area contributed by atoms with Crippen molar-refractivity contribution < 1.29 is 23.4 Å². The van der Waals surface area contributed by atoms with Gasteiger partial charge in [0.25, 0.3) is 0 Å². The van der Waals surface area contributed by atoms with Gasteiger partial charge in [0.05, 0.1) is 13.2 Å². The van der Waals surface area contributed by atoms with Crippen LogP contribution in [0, 0.1) is 5.92 Å². The molecule has 2 fully saturated rings. The van der Waals surface area contributed by atoms with Crippen LogP contribution >= 0.6 is 8.18 Å². The number of benzene rings is 1. The van der Waals surface area contributed by atoms with E-state index in [0.29, 0.717) is 38.5 Å². The number of rotatable bonds is 7. The quantitative estimate of drug-likeness (QED) is 0.715. The minimum atomic E-state index is -2.27. The van der Waals surface area contributed by atoms with Crippen LogP contribution in [0.1, 0.15) is 25.8 Å². The van der Waals surface area contributed by atoms with Crippen LogP contribution in [0.5, 0.6) is 0 Å². The van der Waals surface area contributed by atoms with E-state index in [-0.39, 0.29) is 18.2 Å². The zero-order valence-electron chi connectivity index (χ0n) is 15.9. The summed E-state index contributed by atoms with van der Waals surface area (Å²) in [6.07, 6.45) is 0.0156. The number of amides is 1. The normalized spacial score (nSPS) is 26.7. The van der Waals surface area contributed by atoms with E-state index >= 15 is 0 Å². The van der Waals surface area contributed by atoms with E-state index in [2.05, 4.69) is 19.2 Å². The van der Waals surface area contributed by atoms with Crippen LogP contribution in [0.4, 0.5) is 4.79 Å². The van der Waals surface area contributed by atoms with Gasteiger partial charge in [-0.2, -0.15) is 0 Å². The number of hydrogen-bond acceptors (Lipinski definition) is 6. The third-order valence-electron chi connectivity index (χ3n) is 4.67. The lowest BCUT2D eigenvalue weighted by atomic mass is 10.0. The van der Waals surface area contributed by atoms with Gasteiger partial charge in [-0.25, -0.2) is 4.79 Å². The van der Waals surface area contributed by atoms with Gasteiger partial charge in [-0.3, -0.25) is 0 Å². The summed E-state index contributed by atoms with van der Waals surface area (Å²) in [7, 11) is -2.27. The molecule has 0 spiro atoms. The summed E-state index contributed by atoms with van der Waals surface area (Å²) in [5, 5.41) is 3.34. The molecule has 0 radical (unpaired) electrons. The summed E-state index contributed by atoms with van der Waals surface area (Å²) in [5.41, 5.74) is 1.06. The Balaban J connectivity index is 1.71. The highest BCUT2D eigenvalue weighted by molar-refractivity contribution is 7.37. The molecule has 148 valence electrons. The molecule has 1 aromatic carbocycles. The minimum Gasteiger partial charge on any atom is -0.441 e. The first-order valence-corrected chi connectivity index (χ1v) is 10.6. The molecule has 0 aliphatic carbocycles. The fourth-order valence-corrected chi connectivity index (χ4v) is 4.48. The van der Waals surface area contributed by atoms with Gasteiger partial charge >= 0.3 is 14.3 Å². The van der Waals surface area contributed by atoms with E-state index in [4.69, 9.17) is 14.0 Å². The average Bonchev–Trinajstić information content (AvgIpc) is 3.24. The van der Waals surface area contributed by atoms with Crippen molar-refractivity contribution in [2.24, 2.45) is 5.92 Å². The molecule has 27 heavy (non-hydrogen) atoms. The summed E-state index contributed by atoms with van der Waals surface area (Å²) in [6, 6.07) is 9.51. The third-order valence-corrected chi connectivity index (χ3v) is 5.94.